The number of carbonyl (C=O) groups is 1. The zero-order chi connectivity index (χ0) is 25.1. The van der Waals surface area contributed by atoms with E-state index in [9.17, 15) is 4.79 Å². The number of rotatable bonds is 8. The maximum atomic E-state index is 12.0. The van der Waals surface area contributed by atoms with Crippen LogP contribution in [0.15, 0.2) is 66.7 Å². The SMILES string of the molecule is CC(C)[C@H](Nc1nc(CN2CCN(Cc3ccc4ccccc4c3)CC2)nc2ccccc12)C(N)=O. The van der Waals surface area contributed by atoms with Crippen LogP contribution >= 0.6 is 0 Å². The highest BCUT2D eigenvalue weighted by atomic mass is 16.1. The highest BCUT2D eigenvalue weighted by Gasteiger charge is 2.23. The van der Waals surface area contributed by atoms with Crippen LogP contribution in [0.25, 0.3) is 21.7 Å². The van der Waals surface area contributed by atoms with Gasteiger partial charge >= 0.3 is 0 Å². The molecular weight excluding hydrogens is 448 g/mol. The number of para-hydroxylation sites is 1. The van der Waals surface area contributed by atoms with E-state index in [-0.39, 0.29) is 11.8 Å². The maximum absolute atomic E-state index is 12.0. The second-order valence-electron chi connectivity index (χ2n) is 10.0. The Morgan fingerprint density at radius 2 is 1.56 bits per heavy atom. The number of nitrogens with two attached hydrogens (primary N) is 1. The van der Waals surface area contributed by atoms with Crippen LogP contribution in [-0.4, -0.2) is 57.9 Å². The summed E-state index contributed by atoms with van der Waals surface area (Å²) in [7, 11) is 0. The first-order valence-electron chi connectivity index (χ1n) is 12.7. The number of nitrogens with one attached hydrogen (secondary N) is 1. The molecule has 7 heteroatoms. The zero-order valence-corrected chi connectivity index (χ0v) is 21.0. The molecule has 4 aromatic rings. The number of anilines is 1. The van der Waals surface area contributed by atoms with Crippen molar-refractivity contribution >= 4 is 33.4 Å². The molecule has 0 unspecified atom stereocenters. The molecule has 1 fully saturated rings. The number of primary amides is 1. The largest absolute Gasteiger partial charge is 0.368 e. The third-order valence-electron chi connectivity index (χ3n) is 6.96. The van der Waals surface area contributed by atoms with Gasteiger partial charge in [0.1, 0.15) is 17.7 Å². The summed E-state index contributed by atoms with van der Waals surface area (Å²) >= 11 is 0. The monoisotopic (exact) mass is 482 g/mol. The predicted molar refractivity (Wildman–Crippen MR) is 145 cm³/mol. The van der Waals surface area contributed by atoms with Gasteiger partial charge in [-0.2, -0.15) is 0 Å². The molecule has 36 heavy (non-hydrogen) atoms. The number of fused-ring (bicyclic) bond motifs is 2. The third kappa shape index (κ3) is 5.48. The fraction of sp³-hybridized carbons (Fsp3) is 0.345. The van der Waals surface area contributed by atoms with Crippen LogP contribution in [-0.2, 0) is 17.9 Å². The molecule has 186 valence electrons. The van der Waals surface area contributed by atoms with Crippen LogP contribution in [0.5, 0.6) is 0 Å². The Balaban J connectivity index is 1.25. The van der Waals surface area contributed by atoms with Crippen molar-refractivity contribution in [1.82, 2.24) is 19.8 Å². The summed E-state index contributed by atoms with van der Waals surface area (Å²) in [6.45, 7) is 9.51. The van der Waals surface area contributed by atoms with Crippen molar-refractivity contribution in [2.75, 3.05) is 31.5 Å². The summed E-state index contributed by atoms with van der Waals surface area (Å²) in [5, 5.41) is 6.77. The number of piperazine rings is 1. The Kier molecular flexibility index (Phi) is 7.11. The highest BCUT2D eigenvalue weighted by Crippen LogP contribution is 2.23. The lowest BCUT2D eigenvalue weighted by Crippen LogP contribution is -2.45. The lowest BCUT2D eigenvalue weighted by molar-refractivity contribution is -0.119. The smallest absolute Gasteiger partial charge is 0.240 e. The highest BCUT2D eigenvalue weighted by molar-refractivity contribution is 5.92. The topological polar surface area (TPSA) is 87.4 Å². The van der Waals surface area contributed by atoms with Crippen molar-refractivity contribution in [2.24, 2.45) is 11.7 Å². The molecule has 1 aliphatic heterocycles. The molecule has 0 spiro atoms. The van der Waals surface area contributed by atoms with E-state index < -0.39 is 6.04 Å². The van der Waals surface area contributed by atoms with E-state index in [1.807, 2.05) is 38.1 Å². The van der Waals surface area contributed by atoms with Crippen molar-refractivity contribution < 1.29 is 4.79 Å². The van der Waals surface area contributed by atoms with Crippen molar-refractivity contribution in [3.05, 3.63) is 78.1 Å². The molecular formula is C29H34N6O. The molecule has 1 atom stereocenters. The maximum Gasteiger partial charge on any atom is 0.240 e. The fourth-order valence-corrected chi connectivity index (χ4v) is 4.92. The number of nitrogens with zero attached hydrogens (tertiary/aromatic N) is 4. The first-order chi connectivity index (χ1) is 17.5. The number of aromatic nitrogens is 2. The number of benzene rings is 3. The average molecular weight is 483 g/mol. The Labute approximate surface area is 212 Å². The Bertz CT molecular complexity index is 1360. The number of carbonyl (C=O) groups excluding carboxylic acids is 1. The van der Waals surface area contributed by atoms with Gasteiger partial charge in [-0.3, -0.25) is 14.6 Å². The molecule has 3 N–H and O–H groups in total. The van der Waals surface area contributed by atoms with E-state index in [1.165, 1.54) is 16.3 Å². The molecule has 1 amide bonds. The molecule has 0 bridgehead atoms. The Morgan fingerprint density at radius 3 is 2.28 bits per heavy atom. The first kappa shape index (κ1) is 24.2. The number of amides is 1. The van der Waals surface area contributed by atoms with Gasteiger partial charge in [-0.15, -0.1) is 0 Å². The molecule has 7 nitrogen and oxygen atoms in total. The normalized spacial score (nSPS) is 16.0. The van der Waals surface area contributed by atoms with Crippen LogP contribution in [0, 0.1) is 5.92 Å². The second kappa shape index (κ2) is 10.6. The lowest BCUT2D eigenvalue weighted by Gasteiger charge is -2.34. The summed E-state index contributed by atoms with van der Waals surface area (Å²) in [5.74, 6) is 1.10. The first-order valence-corrected chi connectivity index (χ1v) is 12.7. The van der Waals surface area contributed by atoms with Gasteiger partial charge in [0.05, 0.1) is 12.1 Å². The van der Waals surface area contributed by atoms with Crippen molar-refractivity contribution in [3.8, 4) is 0 Å². The molecule has 1 aromatic heterocycles. The second-order valence-corrected chi connectivity index (χ2v) is 10.0. The standard InChI is InChI=1S/C29H34N6O/c1-20(2)27(28(30)36)33-29-24-9-5-6-10-25(24)31-26(32-29)19-35-15-13-34(14-16-35)18-21-11-12-22-7-3-4-8-23(22)17-21/h3-12,17,20,27H,13-16,18-19H2,1-2H3,(H2,30,36)(H,31,32,33)/t27-/m0/s1. The molecule has 3 aromatic carbocycles. The van der Waals surface area contributed by atoms with E-state index in [4.69, 9.17) is 15.7 Å². The van der Waals surface area contributed by atoms with E-state index in [1.54, 1.807) is 0 Å². The predicted octanol–water partition coefficient (Wildman–Crippen LogP) is 4.02. The van der Waals surface area contributed by atoms with Crippen LogP contribution in [0.1, 0.15) is 25.2 Å². The van der Waals surface area contributed by atoms with Crippen molar-refractivity contribution in [3.63, 3.8) is 0 Å². The minimum atomic E-state index is -0.491. The molecule has 0 saturated carbocycles. The third-order valence-corrected chi connectivity index (χ3v) is 6.96. The van der Waals surface area contributed by atoms with E-state index in [0.717, 1.165) is 49.5 Å². The lowest BCUT2D eigenvalue weighted by atomic mass is 10.0. The molecule has 1 saturated heterocycles. The molecule has 0 aliphatic carbocycles. The zero-order valence-electron chi connectivity index (χ0n) is 21.0. The van der Waals surface area contributed by atoms with E-state index in [0.29, 0.717) is 12.4 Å². The van der Waals surface area contributed by atoms with Gasteiger partial charge in [0.15, 0.2) is 0 Å². The average Bonchev–Trinajstić information content (AvgIpc) is 2.88. The molecule has 2 heterocycles. The van der Waals surface area contributed by atoms with Gasteiger partial charge < -0.3 is 11.1 Å². The van der Waals surface area contributed by atoms with Crippen molar-refractivity contribution in [2.45, 2.75) is 33.0 Å². The summed E-state index contributed by atoms with van der Waals surface area (Å²) in [6, 6.07) is 22.7. The number of hydrogen-bond acceptors (Lipinski definition) is 6. The van der Waals surface area contributed by atoms with Crippen molar-refractivity contribution in [1.29, 1.82) is 0 Å². The summed E-state index contributed by atoms with van der Waals surface area (Å²) in [4.78, 5) is 26.6. The van der Waals surface area contributed by atoms with Gasteiger partial charge in [0.25, 0.3) is 0 Å². The van der Waals surface area contributed by atoms with Gasteiger partial charge in [-0.05, 0) is 40.5 Å². The quantitative estimate of drug-likeness (QED) is 0.394. The summed E-state index contributed by atoms with van der Waals surface area (Å²) in [5.41, 5.74) is 7.87. The van der Waals surface area contributed by atoms with E-state index >= 15 is 0 Å². The van der Waals surface area contributed by atoms with Gasteiger partial charge in [0.2, 0.25) is 5.91 Å². The van der Waals surface area contributed by atoms with Crippen LogP contribution < -0.4 is 11.1 Å². The van der Waals surface area contributed by atoms with Crippen LogP contribution in [0.2, 0.25) is 0 Å². The van der Waals surface area contributed by atoms with Crippen LogP contribution in [0.3, 0.4) is 0 Å². The molecule has 5 rings (SSSR count). The van der Waals surface area contributed by atoms with Crippen LogP contribution in [0.4, 0.5) is 5.82 Å². The van der Waals surface area contributed by atoms with Gasteiger partial charge in [-0.25, -0.2) is 9.97 Å². The summed E-state index contributed by atoms with van der Waals surface area (Å²) in [6.07, 6.45) is 0. The fourth-order valence-electron chi connectivity index (χ4n) is 4.92. The minimum Gasteiger partial charge on any atom is -0.368 e. The minimum absolute atomic E-state index is 0.0513. The van der Waals surface area contributed by atoms with Gasteiger partial charge in [0, 0.05) is 38.1 Å². The Hall–Kier alpha value is -3.55. The Morgan fingerprint density at radius 1 is 0.889 bits per heavy atom. The number of hydrogen-bond donors (Lipinski definition) is 2. The molecule has 0 radical (unpaired) electrons. The summed E-state index contributed by atoms with van der Waals surface area (Å²) < 4.78 is 0. The molecule has 1 aliphatic rings. The van der Waals surface area contributed by atoms with Gasteiger partial charge in [-0.1, -0.05) is 62.4 Å². The van der Waals surface area contributed by atoms with E-state index in [2.05, 4.69) is 57.6 Å².